The van der Waals surface area contributed by atoms with Crippen LogP contribution in [0.4, 0.5) is 5.69 Å². The molecule has 2 aromatic rings. The Hall–Kier alpha value is -1.55. The molecule has 0 aliphatic heterocycles. The van der Waals surface area contributed by atoms with E-state index in [1.807, 2.05) is 36.0 Å². The van der Waals surface area contributed by atoms with Crippen LogP contribution < -0.4 is 5.32 Å². The fourth-order valence-corrected chi connectivity index (χ4v) is 2.82. The number of benzene rings is 1. The van der Waals surface area contributed by atoms with E-state index in [1.165, 1.54) is 25.7 Å². The van der Waals surface area contributed by atoms with Crippen LogP contribution in [0.1, 0.15) is 43.3 Å². The van der Waals surface area contributed by atoms with Crippen molar-refractivity contribution in [1.82, 2.24) is 14.8 Å². The maximum atomic E-state index is 5.88. The van der Waals surface area contributed by atoms with Crippen molar-refractivity contribution < 1.29 is 0 Å². The number of nitrogens with zero attached hydrogens (tertiary/aromatic N) is 3. The number of anilines is 1. The molecule has 1 aliphatic rings. The van der Waals surface area contributed by atoms with Crippen molar-refractivity contribution in [3.05, 3.63) is 40.9 Å². The smallest absolute Gasteiger partial charge is 0.154 e. The summed E-state index contributed by atoms with van der Waals surface area (Å²) < 4.78 is 1.89. The van der Waals surface area contributed by atoms with Crippen molar-refractivity contribution in [2.45, 2.75) is 38.1 Å². The molecule has 1 fully saturated rings. The Morgan fingerprint density at radius 3 is 2.65 bits per heavy atom. The molecule has 3 rings (SSSR count). The Morgan fingerprint density at radius 1 is 1.25 bits per heavy atom. The van der Waals surface area contributed by atoms with Crippen molar-refractivity contribution in [2.75, 3.05) is 5.32 Å². The molecule has 0 unspecified atom stereocenters. The summed E-state index contributed by atoms with van der Waals surface area (Å²) in [6.07, 6.45) is 5.07. The fourth-order valence-electron chi connectivity index (χ4n) is 2.70. The molecule has 1 heterocycles. The van der Waals surface area contributed by atoms with E-state index in [0.29, 0.717) is 12.5 Å². The Morgan fingerprint density at radius 2 is 1.95 bits per heavy atom. The normalized spacial score (nSPS) is 15.7. The van der Waals surface area contributed by atoms with Gasteiger partial charge in [-0.15, -0.1) is 0 Å². The lowest BCUT2D eigenvalue weighted by molar-refractivity contribution is 0.643. The van der Waals surface area contributed by atoms with Gasteiger partial charge in [-0.05, 0) is 37.1 Å². The summed E-state index contributed by atoms with van der Waals surface area (Å²) in [4.78, 5) is 4.69. The van der Waals surface area contributed by atoms with Crippen LogP contribution in [0, 0.1) is 0 Å². The molecular formula is C15H19ClN4. The molecule has 0 atom stereocenters. The topological polar surface area (TPSA) is 42.7 Å². The van der Waals surface area contributed by atoms with Gasteiger partial charge in [0.15, 0.2) is 5.82 Å². The largest absolute Gasteiger partial charge is 0.378 e. The predicted molar refractivity (Wildman–Crippen MR) is 81.0 cm³/mol. The summed E-state index contributed by atoms with van der Waals surface area (Å²) >= 11 is 5.88. The monoisotopic (exact) mass is 290 g/mol. The van der Waals surface area contributed by atoms with Crippen LogP contribution in [-0.2, 0) is 13.6 Å². The quantitative estimate of drug-likeness (QED) is 0.933. The summed E-state index contributed by atoms with van der Waals surface area (Å²) in [5.41, 5.74) is 1.04. The standard InChI is InChI=1S/C15H19ClN4/c1-20-14(10-17-13-8-6-12(16)7-9-13)18-15(19-20)11-4-2-3-5-11/h6-9,11,17H,2-5,10H2,1H3. The third-order valence-corrected chi connectivity index (χ3v) is 4.14. The van der Waals surface area contributed by atoms with Gasteiger partial charge in [-0.3, -0.25) is 4.68 Å². The fraction of sp³-hybridized carbons (Fsp3) is 0.467. The van der Waals surface area contributed by atoms with E-state index in [2.05, 4.69) is 15.4 Å². The first-order chi connectivity index (χ1) is 9.72. The number of aromatic nitrogens is 3. The number of halogens is 1. The van der Waals surface area contributed by atoms with E-state index in [0.717, 1.165) is 22.4 Å². The highest BCUT2D eigenvalue weighted by Crippen LogP contribution is 2.32. The molecule has 0 bridgehead atoms. The Kier molecular flexibility index (Phi) is 3.92. The van der Waals surface area contributed by atoms with E-state index < -0.39 is 0 Å². The Balaban J connectivity index is 1.66. The van der Waals surface area contributed by atoms with Gasteiger partial charge in [0.1, 0.15) is 5.82 Å². The van der Waals surface area contributed by atoms with Crippen LogP contribution >= 0.6 is 11.6 Å². The molecule has 1 aromatic carbocycles. The highest BCUT2D eigenvalue weighted by molar-refractivity contribution is 6.30. The summed E-state index contributed by atoms with van der Waals surface area (Å²) in [5.74, 6) is 2.55. The molecule has 0 saturated heterocycles. The van der Waals surface area contributed by atoms with Crippen LogP contribution in [0.5, 0.6) is 0 Å². The summed E-state index contributed by atoms with van der Waals surface area (Å²) in [6.45, 7) is 0.678. The summed E-state index contributed by atoms with van der Waals surface area (Å²) in [5, 5.41) is 8.66. The van der Waals surface area contributed by atoms with Gasteiger partial charge in [0, 0.05) is 23.7 Å². The Bertz CT molecular complexity index is 570. The molecule has 5 heteroatoms. The van der Waals surface area contributed by atoms with Gasteiger partial charge in [0.25, 0.3) is 0 Å². The van der Waals surface area contributed by atoms with Gasteiger partial charge in [-0.1, -0.05) is 24.4 Å². The molecule has 0 radical (unpaired) electrons. The van der Waals surface area contributed by atoms with E-state index in [4.69, 9.17) is 11.6 Å². The molecule has 106 valence electrons. The average molecular weight is 291 g/mol. The second-order valence-electron chi connectivity index (χ2n) is 5.35. The molecular weight excluding hydrogens is 272 g/mol. The molecule has 4 nitrogen and oxygen atoms in total. The second kappa shape index (κ2) is 5.83. The third kappa shape index (κ3) is 2.96. The van der Waals surface area contributed by atoms with Crippen LogP contribution in [0.25, 0.3) is 0 Å². The molecule has 0 amide bonds. The van der Waals surface area contributed by atoms with Crippen molar-refractivity contribution in [3.63, 3.8) is 0 Å². The van der Waals surface area contributed by atoms with Gasteiger partial charge < -0.3 is 5.32 Å². The number of nitrogens with one attached hydrogen (secondary N) is 1. The summed E-state index contributed by atoms with van der Waals surface area (Å²) in [7, 11) is 1.96. The van der Waals surface area contributed by atoms with E-state index in [-0.39, 0.29) is 0 Å². The van der Waals surface area contributed by atoms with Gasteiger partial charge in [0.05, 0.1) is 6.54 Å². The zero-order valence-corrected chi connectivity index (χ0v) is 12.4. The zero-order chi connectivity index (χ0) is 13.9. The lowest BCUT2D eigenvalue weighted by atomic mass is 10.1. The first kappa shape index (κ1) is 13.4. The molecule has 1 N–H and O–H groups in total. The van der Waals surface area contributed by atoms with Gasteiger partial charge >= 0.3 is 0 Å². The van der Waals surface area contributed by atoms with Gasteiger partial charge in [0.2, 0.25) is 0 Å². The van der Waals surface area contributed by atoms with Gasteiger partial charge in [-0.25, -0.2) is 4.98 Å². The number of rotatable bonds is 4. The van der Waals surface area contributed by atoms with Crippen LogP contribution in [0.2, 0.25) is 5.02 Å². The minimum atomic E-state index is 0.561. The maximum Gasteiger partial charge on any atom is 0.154 e. The number of hydrogen-bond donors (Lipinski definition) is 1. The van der Waals surface area contributed by atoms with E-state index >= 15 is 0 Å². The molecule has 1 saturated carbocycles. The lowest BCUT2D eigenvalue weighted by Crippen LogP contribution is -2.06. The number of aryl methyl sites for hydroxylation is 1. The van der Waals surface area contributed by atoms with Gasteiger partial charge in [-0.2, -0.15) is 5.10 Å². The minimum absolute atomic E-state index is 0.561. The van der Waals surface area contributed by atoms with Crippen LogP contribution in [0.15, 0.2) is 24.3 Å². The third-order valence-electron chi connectivity index (χ3n) is 3.88. The first-order valence-electron chi connectivity index (χ1n) is 7.11. The first-order valence-corrected chi connectivity index (χ1v) is 7.49. The van der Waals surface area contributed by atoms with Crippen molar-refractivity contribution in [3.8, 4) is 0 Å². The highest BCUT2D eigenvalue weighted by Gasteiger charge is 2.21. The minimum Gasteiger partial charge on any atom is -0.378 e. The van der Waals surface area contributed by atoms with Crippen molar-refractivity contribution >= 4 is 17.3 Å². The van der Waals surface area contributed by atoms with Crippen molar-refractivity contribution in [1.29, 1.82) is 0 Å². The average Bonchev–Trinajstić information content (AvgIpc) is 3.08. The van der Waals surface area contributed by atoms with E-state index in [1.54, 1.807) is 0 Å². The summed E-state index contributed by atoms with van der Waals surface area (Å²) in [6, 6.07) is 7.70. The number of hydrogen-bond acceptors (Lipinski definition) is 3. The Labute approximate surface area is 124 Å². The zero-order valence-electron chi connectivity index (χ0n) is 11.6. The highest BCUT2D eigenvalue weighted by atomic mass is 35.5. The predicted octanol–water partition coefficient (Wildman–Crippen LogP) is 3.74. The van der Waals surface area contributed by atoms with Crippen molar-refractivity contribution in [2.24, 2.45) is 7.05 Å². The molecule has 1 aliphatic carbocycles. The van der Waals surface area contributed by atoms with E-state index in [9.17, 15) is 0 Å². The van der Waals surface area contributed by atoms with Crippen LogP contribution in [0.3, 0.4) is 0 Å². The van der Waals surface area contributed by atoms with Crippen LogP contribution in [-0.4, -0.2) is 14.8 Å². The lowest BCUT2D eigenvalue weighted by Gasteiger charge is -2.05. The molecule has 0 spiro atoms. The molecule has 1 aromatic heterocycles. The SMILES string of the molecule is Cn1nc(C2CCCC2)nc1CNc1ccc(Cl)cc1. The maximum absolute atomic E-state index is 5.88. The molecule has 20 heavy (non-hydrogen) atoms. The second-order valence-corrected chi connectivity index (χ2v) is 5.79.